The Morgan fingerprint density at radius 1 is 1.00 bits per heavy atom. The van der Waals surface area contributed by atoms with Crippen LogP contribution >= 0.6 is 0 Å². The zero-order valence-electron chi connectivity index (χ0n) is 9.26. The molecule has 0 aliphatic heterocycles. The molecule has 1 nitrogen and oxygen atoms in total. The highest BCUT2D eigenvalue weighted by Gasteiger charge is 2.06. The smallest absolute Gasteiger partial charge is 0.0692 e. The molecule has 0 amide bonds. The molecule has 1 aliphatic rings. The first-order valence-electron chi connectivity index (χ1n) is 5.47. The molecule has 1 aliphatic carbocycles. The van der Waals surface area contributed by atoms with Gasteiger partial charge in [0.1, 0.15) is 0 Å². The molecule has 0 unspecified atom stereocenters. The van der Waals surface area contributed by atoms with E-state index < -0.39 is 0 Å². The van der Waals surface area contributed by atoms with Crippen molar-refractivity contribution in [2.75, 3.05) is 0 Å². The van der Waals surface area contributed by atoms with Crippen LogP contribution < -0.4 is 0 Å². The van der Waals surface area contributed by atoms with Crippen LogP contribution in [0.3, 0.4) is 0 Å². The van der Waals surface area contributed by atoms with Gasteiger partial charge in [0.2, 0.25) is 0 Å². The lowest BCUT2D eigenvalue weighted by Crippen LogP contribution is -1.88. The predicted molar refractivity (Wildman–Crippen MR) is 70.4 cm³/mol. The first kappa shape index (κ1) is 10.6. The minimum atomic E-state index is 0.955. The van der Waals surface area contributed by atoms with Crippen LogP contribution in [0.4, 0.5) is 0 Å². The normalized spacial score (nSPS) is 14.6. The van der Waals surface area contributed by atoms with E-state index in [2.05, 4.69) is 48.1 Å². The molecule has 1 aromatic rings. The maximum absolute atomic E-state index is 4.19. The van der Waals surface area contributed by atoms with E-state index in [9.17, 15) is 0 Å². The zero-order valence-corrected chi connectivity index (χ0v) is 9.26. The molecule has 0 spiro atoms. The molecule has 0 atom stereocenters. The van der Waals surface area contributed by atoms with Gasteiger partial charge in [-0.3, -0.25) is 4.99 Å². The summed E-state index contributed by atoms with van der Waals surface area (Å²) in [6, 6.07) is 10.2. The Labute approximate surface area is 96.5 Å². The first-order valence-corrected chi connectivity index (χ1v) is 5.47. The summed E-state index contributed by atoms with van der Waals surface area (Å²) in [6.07, 6.45) is 10.4. The average Bonchev–Trinajstić information content (AvgIpc) is 2.61. The van der Waals surface area contributed by atoms with Crippen molar-refractivity contribution >= 4 is 12.4 Å². The number of hydrogen-bond acceptors (Lipinski definition) is 1. The fraction of sp³-hybridized carbons (Fsp3) is 0.133. The van der Waals surface area contributed by atoms with Gasteiger partial charge in [-0.15, -0.1) is 0 Å². The number of aliphatic imine (C=N–C) groups is 1. The second-order valence-electron chi connectivity index (χ2n) is 3.74. The first-order chi connectivity index (χ1) is 7.92. The molecule has 0 saturated heterocycles. The Hall–Kier alpha value is -1.89. The third-order valence-corrected chi connectivity index (χ3v) is 2.65. The minimum absolute atomic E-state index is 0.955. The van der Waals surface area contributed by atoms with Crippen molar-refractivity contribution in [3.8, 4) is 0 Å². The summed E-state index contributed by atoms with van der Waals surface area (Å²) in [5.41, 5.74) is 3.50. The highest BCUT2D eigenvalue weighted by molar-refractivity contribution is 5.71. The van der Waals surface area contributed by atoms with Gasteiger partial charge < -0.3 is 0 Å². The largest absolute Gasteiger partial charge is 0.264 e. The monoisotopic (exact) mass is 209 g/mol. The maximum Gasteiger partial charge on any atom is 0.0692 e. The van der Waals surface area contributed by atoms with Crippen LogP contribution in [0.2, 0.25) is 0 Å². The van der Waals surface area contributed by atoms with Crippen molar-refractivity contribution in [1.82, 2.24) is 0 Å². The van der Waals surface area contributed by atoms with E-state index in [1.54, 1.807) is 0 Å². The Balaban J connectivity index is 2.41. The highest BCUT2D eigenvalue weighted by Crippen LogP contribution is 2.25. The second kappa shape index (κ2) is 5.26. The standard InChI is InChI=1S/C15H15N/c1-16-15(14-11-7-4-8-12-14)13-9-5-2-3-6-10-13/h2-8,11-12H,1,9-10H2. The Morgan fingerprint density at radius 2 is 1.62 bits per heavy atom. The molecule has 16 heavy (non-hydrogen) atoms. The summed E-state index contributed by atoms with van der Waals surface area (Å²) in [5.74, 6) is 0. The number of benzene rings is 1. The van der Waals surface area contributed by atoms with Crippen molar-refractivity contribution in [2.45, 2.75) is 12.8 Å². The number of hydrogen-bond donors (Lipinski definition) is 0. The van der Waals surface area contributed by atoms with Crippen LogP contribution in [0.15, 0.2) is 65.2 Å². The molecule has 0 heterocycles. The van der Waals surface area contributed by atoms with Gasteiger partial charge in [-0.05, 0) is 25.1 Å². The van der Waals surface area contributed by atoms with Crippen LogP contribution in [0.5, 0.6) is 0 Å². The molecular weight excluding hydrogens is 194 g/mol. The molecule has 0 fully saturated rings. The van der Waals surface area contributed by atoms with Gasteiger partial charge in [-0.2, -0.15) is 0 Å². The molecular formula is C15H15N. The Bertz CT molecular complexity index is 434. The van der Waals surface area contributed by atoms with E-state index in [-0.39, 0.29) is 0 Å². The summed E-state index contributed by atoms with van der Waals surface area (Å²) in [6.45, 7) is 3.69. The molecule has 0 bridgehead atoms. The van der Waals surface area contributed by atoms with E-state index in [1.165, 1.54) is 5.57 Å². The van der Waals surface area contributed by atoms with Crippen LogP contribution in [-0.2, 0) is 0 Å². The summed E-state index contributed by atoms with van der Waals surface area (Å²) in [7, 11) is 0. The Kier molecular flexibility index (Phi) is 3.50. The van der Waals surface area contributed by atoms with E-state index in [0.717, 1.165) is 24.1 Å². The van der Waals surface area contributed by atoms with E-state index in [1.807, 2.05) is 18.2 Å². The molecule has 0 radical (unpaired) electrons. The van der Waals surface area contributed by atoms with E-state index in [4.69, 9.17) is 0 Å². The zero-order chi connectivity index (χ0) is 11.2. The van der Waals surface area contributed by atoms with E-state index in [0.29, 0.717) is 0 Å². The summed E-state index contributed by atoms with van der Waals surface area (Å²) >= 11 is 0. The third-order valence-electron chi connectivity index (χ3n) is 2.65. The predicted octanol–water partition coefficient (Wildman–Crippen LogP) is 4.00. The van der Waals surface area contributed by atoms with Crippen LogP contribution in [0, 0.1) is 0 Å². The summed E-state index contributed by atoms with van der Waals surface area (Å²) < 4.78 is 0. The van der Waals surface area contributed by atoms with Crippen molar-refractivity contribution in [3.05, 3.63) is 65.8 Å². The van der Waals surface area contributed by atoms with Crippen molar-refractivity contribution in [3.63, 3.8) is 0 Å². The molecule has 0 saturated carbocycles. The van der Waals surface area contributed by atoms with Gasteiger partial charge in [0.15, 0.2) is 0 Å². The van der Waals surface area contributed by atoms with Crippen LogP contribution in [-0.4, -0.2) is 6.72 Å². The SMILES string of the molecule is C=NC(=C1CC=CC=CC1)c1ccccc1. The lowest BCUT2D eigenvalue weighted by atomic mass is 10.0. The maximum atomic E-state index is 4.19. The minimum Gasteiger partial charge on any atom is -0.264 e. The molecule has 1 aromatic carbocycles. The lowest BCUT2D eigenvalue weighted by Gasteiger charge is -2.08. The van der Waals surface area contributed by atoms with Gasteiger partial charge in [0.05, 0.1) is 5.70 Å². The summed E-state index contributed by atoms with van der Waals surface area (Å²) in [4.78, 5) is 4.19. The molecule has 0 aromatic heterocycles. The number of nitrogens with zero attached hydrogens (tertiary/aromatic N) is 1. The topological polar surface area (TPSA) is 12.4 Å². The van der Waals surface area contributed by atoms with Crippen molar-refractivity contribution in [2.24, 2.45) is 4.99 Å². The Morgan fingerprint density at radius 3 is 2.19 bits per heavy atom. The average molecular weight is 209 g/mol. The molecule has 1 heteroatoms. The molecule has 0 N–H and O–H groups in total. The van der Waals surface area contributed by atoms with Gasteiger partial charge in [0.25, 0.3) is 0 Å². The van der Waals surface area contributed by atoms with Gasteiger partial charge in [0, 0.05) is 5.56 Å². The van der Waals surface area contributed by atoms with E-state index >= 15 is 0 Å². The molecule has 80 valence electrons. The quantitative estimate of drug-likeness (QED) is 0.653. The fourth-order valence-corrected chi connectivity index (χ4v) is 1.86. The fourth-order valence-electron chi connectivity index (χ4n) is 1.86. The lowest BCUT2D eigenvalue weighted by molar-refractivity contribution is 1.11. The number of rotatable bonds is 2. The van der Waals surface area contributed by atoms with Crippen molar-refractivity contribution in [1.29, 1.82) is 0 Å². The second-order valence-corrected chi connectivity index (χ2v) is 3.74. The number of allylic oxidation sites excluding steroid dienone is 5. The summed E-state index contributed by atoms with van der Waals surface area (Å²) in [5, 5.41) is 0. The van der Waals surface area contributed by atoms with Crippen LogP contribution in [0.1, 0.15) is 18.4 Å². The molecule has 2 rings (SSSR count). The highest BCUT2D eigenvalue weighted by atomic mass is 14.7. The van der Waals surface area contributed by atoms with Crippen LogP contribution in [0.25, 0.3) is 5.70 Å². The van der Waals surface area contributed by atoms with Gasteiger partial charge in [-0.1, -0.05) is 54.6 Å². The van der Waals surface area contributed by atoms with Gasteiger partial charge in [-0.25, -0.2) is 0 Å². The van der Waals surface area contributed by atoms with Crippen molar-refractivity contribution < 1.29 is 0 Å². The third kappa shape index (κ3) is 2.37. The van der Waals surface area contributed by atoms with Gasteiger partial charge >= 0.3 is 0 Å².